The van der Waals surface area contributed by atoms with E-state index in [2.05, 4.69) is 10.3 Å². The second-order valence-electron chi connectivity index (χ2n) is 2.36. The molecule has 0 unspecified atom stereocenters. The van der Waals surface area contributed by atoms with Gasteiger partial charge in [-0.05, 0) is 13.0 Å². The van der Waals surface area contributed by atoms with Gasteiger partial charge in [-0.25, -0.2) is 4.99 Å². The molecule has 4 heteroatoms. The van der Waals surface area contributed by atoms with Crippen LogP contribution in [0.4, 0.5) is 0 Å². The highest BCUT2D eigenvalue weighted by atomic mass is 16.3. The summed E-state index contributed by atoms with van der Waals surface area (Å²) in [7, 11) is 0. The van der Waals surface area contributed by atoms with Crippen LogP contribution in [0, 0.1) is 0 Å². The number of nitrogens with two attached hydrogens (primary N) is 1. The summed E-state index contributed by atoms with van der Waals surface area (Å²) >= 11 is 0. The van der Waals surface area contributed by atoms with E-state index < -0.39 is 0 Å². The minimum atomic E-state index is 0.471. The smallest absolute Gasteiger partial charge is 0.188 e. The van der Waals surface area contributed by atoms with Gasteiger partial charge in [0.2, 0.25) is 0 Å². The molecule has 0 spiro atoms. The van der Waals surface area contributed by atoms with Crippen LogP contribution in [0.1, 0.15) is 12.5 Å². The topological polar surface area (TPSA) is 63.5 Å². The minimum Gasteiger partial charge on any atom is -0.472 e. The lowest BCUT2D eigenvalue weighted by molar-refractivity contribution is 0.564. The van der Waals surface area contributed by atoms with Gasteiger partial charge in [0.1, 0.15) is 0 Å². The third-order valence-corrected chi connectivity index (χ3v) is 1.37. The summed E-state index contributed by atoms with van der Waals surface area (Å²) in [6.07, 6.45) is 3.27. The molecule has 12 heavy (non-hydrogen) atoms. The van der Waals surface area contributed by atoms with Crippen molar-refractivity contribution in [1.82, 2.24) is 5.32 Å². The van der Waals surface area contributed by atoms with Crippen LogP contribution in [0.15, 0.2) is 28.0 Å². The van der Waals surface area contributed by atoms with Gasteiger partial charge in [0.15, 0.2) is 5.96 Å². The van der Waals surface area contributed by atoms with Crippen LogP contribution in [0.5, 0.6) is 0 Å². The van der Waals surface area contributed by atoms with Gasteiger partial charge in [-0.15, -0.1) is 0 Å². The molecule has 0 saturated heterocycles. The van der Waals surface area contributed by atoms with Crippen molar-refractivity contribution >= 4 is 5.96 Å². The summed E-state index contributed by atoms with van der Waals surface area (Å²) in [5.41, 5.74) is 6.53. The van der Waals surface area contributed by atoms with E-state index in [4.69, 9.17) is 10.2 Å². The third kappa shape index (κ3) is 2.65. The predicted molar refractivity (Wildman–Crippen MR) is 47.7 cm³/mol. The Labute approximate surface area is 71.5 Å². The molecule has 1 heterocycles. The van der Waals surface area contributed by atoms with E-state index in [9.17, 15) is 0 Å². The molecule has 0 atom stereocenters. The maximum Gasteiger partial charge on any atom is 0.188 e. The molecule has 1 rings (SSSR count). The first kappa shape index (κ1) is 8.64. The Balaban J connectivity index is 2.38. The number of furan rings is 1. The highest BCUT2D eigenvalue weighted by Crippen LogP contribution is 2.00. The van der Waals surface area contributed by atoms with Gasteiger partial charge in [0.05, 0.1) is 19.1 Å². The van der Waals surface area contributed by atoms with Crippen LogP contribution in [0.25, 0.3) is 0 Å². The molecule has 1 aromatic rings. The van der Waals surface area contributed by atoms with Crippen molar-refractivity contribution in [2.24, 2.45) is 10.7 Å². The molecular formula is C8H13N3O. The summed E-state index contributed by atoms with van der Waals surface area (Å²) < 4.78 is 4.88. The molecule has 0 radical (unpaired) electrons. The first-order chi connectivity index (χ1) is 5.83. The lowest BCUT2D eigenvalue weighted by atomic mass is 10.3. The third-order valence-electron chi connectivity index (χ3n) is 1.37. The Hall–Kier alpha value is -1.45. The number of aliphatic imine (C=N–C) groups is 1. The van der Waals surface area contributed by atoms with E-state index in [1.807, 2.05) is 13.0 Å². The van der Waals surface area contributed by atoms with E-state index >= 15 is 0 Å². The van der Waals surface area contributed by atoms with Gasteiger partial charge in [-0.3, -0.25) is 0 Å². The molecule has 0 amide bonds. The summed E-state index contributed by atoms with van der Waals surface area (Å²) in [6, 6.07) is 1.86. The van der Waals surface area contributed by atoms with Crippen LogP contribution >= 0.6 is 0 Å². The van der Waals surface area contributed by atoms with Crippen LogP contribution in [0.2, 0.25) is 0 Å². The molecule has 3 N–H and O–H groups in total. The second-order valence-corrected chi connectivity index (χ2v) is 2.36. The molecule has 0 bridgehead atoms. The fraction of sp³-hybridized carbons (Fsp3) is 0.375. The Kier molecular flexibility index (Phi) is 3.19. The van der Waals surface area contributed by atoms with Crippen molar-refractivity contribution < 1.29 is 4.42 Å². The lowest BCUT2D eigenvalue weighted by Gasteiger charge is -1.99. The fourth-order valence-corrected chi connectivity index (χ4v) is 0.796. The normalized spacial score (nSPS) is 11.6. The number of guanidine groups is 1. The van der Waals surface area contributed by atoms with Crippen molar-refractivity contribution in [1.29, 1.82) is 0 Å². The van der Waals surface area contributed by atoms with Gasteiger partial charge in [0, 0.05) is 12.1 Å². The summed E-state index contributed by atoms with van der Waals surface area (Å²) in [6.45, 7) is 3.33. The zero-order valence-electron chi connectivity index (χ0n) is 7.08. The molecular weight excluding hydrogens is 154 g/mol. The Bertz CT molecular complexity index is 241. The molecule has 0 aliphatic rings. The van der Waals surface area contributed by atoms with E-state index in [-0.39, 0.29) is 0 Å². The number of nitrogens with one attached hydrogen (secondary N) is 1. The summed E-state index contributed by atoms with van der Waals surface area (Å²) in [5, 5.41) is 2.91. The zero-order valence-corrected chi connectivity index (χ0v) is 7.08. The zero-order chi connectivity index (χ0) is 8.81. The van der Waals surface area contributed by atoms with Gasteiger partial charge in [0.25, 0.3) is 0 Å². The number of hydrogen-bond donors (Lipinski definition) is 2. The van der Waals surface area contributed by atoms with Crippen molar-refractivity contribution in [2.75, 3.05) is 6.54 Å². The van der Waals surface area contributed by atoms with Gasteiger partial charge < -0.3 is 15.5 Å². The molecule has 1 aromatic heterocycles. The van der Waals surface area contributed by atoms with Crippen molar-refractivity contribution in [3.05, 3.63) is 24.2 Å². The van der Waals surface area contributed by atoms with Gasteiger partial charge in [-0.1, -0.05) is 0 Å². The van der Waals surface area contributed by atoms with Crippen LogP contribution in [-0.4, -0.2) is 12.5 Å². The maximum absolute atomic E-state index is 5.51. The number of nitrogens with zero attached hydrogens (tertiary/aromatic N) is 1. The summed E-state index contributed by atoms with van der Waals surface area (Å²) in [4.78, 5) is 4.08. The van der Waals surface area contributed by atoms with Gasteiger partial charge >= 0.3 is 0 Å². The Morgan fingerprint density at radius 2 is 2.58 bits per heavy atom. The van der Waals surface area contributed by atoms with Crippen LogP contribution in [-0.2, 0) is 6.54 Å². The standard InChI is InChI=1S/C8H13N3O/c1-2-10-8(9)11-5-7-3-4-12-6-7/h3-4,6H,2,5H2,1H3,(H3,9,10,11). The van der Waals surface area contributed by atoms with Crippen molar-refractivity contribution in [3.63, 3.8) is 0 Å². The SMILES string of the molecule is CCNC(N)=NCc1ccoc1. The predicted octanol–water partition coefficient (Wildman–Crippen LogP) is 0.704. The Morgan fingerprint density at radius 1 is 1.75 bits per heavy atom. The minimum absolute atomic E-state index is 0.471. The average molecular weight is 167 g/mol. The molecule has 0 fully saturated rings. The molecule has 4 nitrogen and oxygen atoms in total. The molecule has 0 aliphatic carbocycles. The average Bonchev–Trinajstić information content (AvgIpc) is 2.53. The molecule has 0 aromatic carbocycles. The second kappa shape index (κ2) is 4.43. The van der Waals surface area contributed by atoms with Crippen molar-refractivity contribution in [2.45, 2.75) is 13.5 Å². The first-order valence-corrected chi connectivity index (χ1v) is 3.87. The monoisotopic (exact) mass is 167 g/mol. The summed E-state index contributed by atoms with van der Waals surface area (Å²) in [5.74, 6) is 0.471. The highest BCUT2D eigenvalue weighted by Gasteiger charge is 1.92. The molecule has 0 aliphatic heterocycles. The fourth-order valence-electron chi connectivity index (χ4n) is 0.796. The van der Waals surface area contributed by atoms with E-state index in [0.717, 1.165) is 12.1 Å². The highest BCUT2D eigenvalue weighted by molar-refractivity contribution is 5.77. The van der Waals surface area contributed by atoms with Crippen LogP contribution < -0.4 is 11.1 Å². The Morgan fingerprint density at radius 3 is 3.17 bits per heavy atom. The van der Waals surface area contributed by atoms with Crippen LogP contribution in [0.3, 0.4) is 0 Å². The van der Waals surface area contributed by atoms with Gasteiger partial charge in [-0.2, -0.15) is 0 Å². The first-order valence-electron chi connectivity index (χ1n) is 3.87. The largest absolute Gasteiger partial charge is 0.472 e. The van der Waals surface area contributed by atoms with E-state index in [0.29, 0.717) is 12.5 Å². The maximum atomic E-state index is 5.51. The molecule has 66 valence electrons. The number of hydrogen-bond acceptors (Lipinski definition) is 2. The quantitative estimate of drug-likeness (QED) is 0.514. The van der Waals surface area contributed by atoms with Crippen molar-refractivity contribution in [3.8, 4) is 0 Å². The number of rotatable bonds is 3. The lowest BCUT2D eigenvalue weighted by Crippen LogP contribution is -2.31. The van der Waals surface area contributed by atoms with E-state index in [1.165, 1.54) is 0 Å². The molecule has 0 saturated carbocycles. The van der Waals surface area contributed by atoms with E-state index in [1.54, 1.807) is 12.5 Å².